The Kier molecular flexibility index (Phi) is 4.07. The molecular weight excluding hydrogens is 392 g/mol. The molecule has 0 spiro atoms. The van der Waals surface area contributed by atoms with Crippen molar-refractivity contribution in [3.8, 4) is 11.3 Å². The number of imidazole rings is 1. The van der Waals surface area contributed by atoms with Crippen LogP contribution in [0.3, 0.4) is 0 Å². The fraction of sp³-hybridized carbons (Fsp3) is 0.316. The van der Waals surface area contributed by atoms with Gasteiger partial charge in [-0.05, 0) is 19.1 Å². The molecule has 0 amide bonds. The number of rotatable bonds is 3. The van der Waals surface area contributed by atoms with Gasteiger partial charge in [0.25, 0.3) is 0 Å². The minimum atomic E-state index is -3.52. The predicted molar refractivity (Wildman–Crippen MR) is 110 cm³/mol. The van der Waals surface area contributed by atoms with E-state index in [1.165, 1.54) is 16.6 Å². The molecule has 10 heteroatoms. The van der Waals surface area contributed by atoms with Crippen LogP contribution in [0.25, 0.3) is 33.2 Å². The first-order valence-corrected chi connectivity index (χ1v) is 11.1. The van der Waals surface area contributed by atoms with Crippen molar-refractivity contribution in [1.29, 1.82) is 0 Å². The molecule has 29 heavy (non-hydrogen) atoms. The average molecular weight is 412 g/mol. The monoisotopic (exact) mass is 412 g/mol. The number of H-pyrrole nitrogens is 1. The van der Waals surface area contributed by atoms with Crippen LogP contribution >= 0.6 is 0 Å². The summed E-state index contributed by atoms with van der Waals surface area (Å²) in [5.74, 6) is 0.656. The van der Waals surface area contributed by atoms with Crippen molar-refractivity contribution in [3.05, 3.63) is 37.1 Å². The summed E-state index contributed by atoms with van der Waals surface area (Å²) in [6, 6.07) is 3.82. The van der Waals surface area contributed by atoms with Crippen LogP contribution in [0.5, 0.6) is 0 Å². The molecule has 0 radical (unpaired) electrons. The standard InChI is InChI=1S/C19H20N6O3S/c1-12-10-28-6-5-24(12)19-18-17(25(11-22-18)29(2,26)27)7-15(23-19)14-8-20-9-16-13(14)3-4-21-16/h3-4,7-9,11-12,21H,5-6,10H2,1-2H3. The quantitative estimate of drug-likeness (QED) is 0.549. The molecule has 1 N–H and O–H groups in total. The van der Waals surface area contributed by atoms with Crippen LogP contribution in [0.1, 0.15) is 6.92 Å². The maximum absolute atomic E-state index is 12.3. The molecule has 0 aliphatic carbocycles. The summed E-state index contributed by atoms with van der Waals surface area (Å²) in [5.41, 5.74) is 3.42. The fourth-order valence-electron chi connectivity index (χ4n) is 3.80. The summed E-state index contributed by atoms with van der Waals surface area (Å²) < 4.78 is 31.4. The summed E-state index contributed by atoms with van der Waals surface area (Å²) >= 11 is 0. The van der Waals surface area contributed by atoms with Crippen LogP contribution in [0.2, 0.25) is 0 Å². The Hall–Kier alpha value is -2.98. The third kappa shape index (κ3) is 2.95. The van der Waals surface area contributed by atoms with Crippen LogP contribution in [0.4, 0.5) is 5.82 Å². The number of nitrogens with one attached hydrogen (secondary N) is 1. The Morgan fingerprint density at radius 3 is 2.97 bits per heavy atom. The second-order valence-electron chi connectivity index (χ2n) is 7.25. The summed E-state index contributed by atoms with van der Waals surface area (Å²) in [5, 5.41) is 0.971. The first kappa shape index (κ1) is 18.1. The SMILES string of the molecule is CC1COCCN1c1nc(-c2cncc3[nH]ccc23)cc2c1ncn2S(C)(=O)=O. The number of morpholine rings is 1. The van der Waals surface area contributed by atoms with E-state index < -0.39 is 10.0 Å². The summed E-state index contributed by atoms with van der Waals surface area (Å²) in [4.78, 5) is 18.9. The molecule has 9 nitrogen and oxygen atoms in total. The molecule has 4 aromatic rings. The zero-order valence-corrected chi connectivity index (χ0v) is 16.8. The fourth-order valence-corrected chi connectivity index (χ4v) is 4.52. The Morgan fingerprint density at radius 1 is 1.31 bits per heavy atom. The number of pyridine rings is 2. The summed E-state index contributed by atoms with van der Waals surface area (Å²) in [7, 11) is -3.52. The number of nitrogens with zero attached hydrogens (tertiary/aromatic N) is 5. The largest absolute Gasteiger partial charge is 0.377 e. The molecular formula is C19H20N6O3S. The molecule has 4 aromatic heterocycles. The highest BCUT2D eigenvalue weighted by Crippen LogP contribution is 2.33. The van der Waals surface area contributed by atoms with E-state index in [0.29, 0.717) is 42.3 Å². The van der Waals surface area contributed by atoms with Gasteiger partial charge in [-0.2, -0.15) is 0 Å². The van der Waals surface area contributed by atoms with E-state index in [1.807, 2.05) is 12.3 Å². The van der Waals surface area contributed by atoms with Gasteiger partial charge >= 0.3 is 0 Å². The lowest BCUT2D eigenvalue weighted by Crippen LogP contribution is -2.44. The lowest BCUT2D eigenvalue weighted by Gasteiger charge is -2.34. The van der Waals surface area contributed by atoms with Gasteiger partial charge in [0.2, 0.25) is 10.0 Å². The van der Waals surface area contributed by atoms with Gasteiger partial charge in [0.15, 0.2) is 5.82 Å². The number of anilines is 1. The van der Waals surface area contributed by atoms with E-state index in [4.69, 9.17) is 9.72 Å². The maximum atomic E-state index is 12.3. The minimum absolute atomic E-state index is 0.0965. The van der Waals surface area contributed by atoms with Crippen molar-refractivity contribution < 1.29 is 13.2 Å². The van der Waals surface area contributed by atoms with Crippen LogP contribution in [-0.4, -0.2) is 64.4 Å². The van der Waals surface area contributed by atoms with Crippen LogP contribution in [0, 0.1) is 0 Å². The van der Waals surface area contributed by atoms with Gasteiger partial charge in [0.05, 0.1) is 48.4 Å². The van der Waals surface area contributed by atoms with Crippen molar-refractivity contribution >= 4 is 37.8 Å². The Morgan fingerprint density at radius 2 is 2.17 bits per heavy atom. The zero-order chi connectivity index (χ0) is 20.2. The van der Waals surface area contributed by atoms with Crippen molar-refractivity contribution in [2.45, 2.75) is 13.0 Å². The molecule has 5 heterocycles. The van der Waals surface area contributed by atoms with Crippen molar-refractivity contribution in [2.24, 2.45) is 0 Å². The first-order chi connectivity index (χ1) is 13.9. The van der Waals surface area contributed by atoms with Crippen molar-refractivity contribution in [1.82, 2.24) is 23.9 Å². The molecule has 1 fully saturated rings. The lowest BCUT2D eigenvalue weighted by molar-refractivity contribution is 0.0987. The van der Waals surface area contributed by atoms with Crippen LogP contribution in [-0.2, 0) is 14.8 Å². The van der Waals surface area contributed by atoms with Crippen LogP contribution in [0.15, 0.2) is 37.1 Å². The molecule has 1 aliphatic rings. The van der Waals surface area contributed by atoms with Gasteiger partial charge in [-0.3, -0.25) is 4.98 Å². The molecule has 0 aromatic carbocycles. The van der Waals surface area contributed by atoms with E-state index in [1.54, 1.807) is 18.5 Å². The molecule has 1 atom stereocenters. The van der Waals surface area contributed by atoms with Gasteiger partial charge in [-0.1, -0.05) is 0 Å². The molecule has 1 saturated heterocycles. The van der Waals surface area contributed by atoms with Gasteiger partial charge in [0.1, 0.15) is 11.8 Å². The van der Waals surface area contributed by atoms with E-state index >= 15 is 0 Å². The molecule has 0 saturated carbocycles. The highest BCUT2D eigenvalue weighted by atomic mass is 32.2. The van der Waals surface area contributed by atoms with Crippen molar-refractivity contribution in [3.63, 3.8) is 0 Å². The average Bonchev–Trinajstić information content (AvgIpc) is 3.34. The van der Waals surface area contributed by atoms with Crippen LogP contribution < -0.4 is 4.90 Å². The number of aromatic amines is 1. The molecule has 0 bridgehead atoms. The van der Waals surface area contributed by atoms with Gasteiger partial charge in [0, 0.05) is 29.9 Å². The second-order valence-corrected chi connectivity index (χ2v) is 9.10. The second kappa shape index (κ2) is 6.53. The first-order valence-electron chi connectivity index (χ1n) is 9.28. The molecule has 1 unspecified atom stereocenters. The predicted octanol–water partition coefficient (Wildman–Crippen LogP) is 2.01. The molecule has 1 aliphatic heterocycles. The highest BCUT2D eigenvalue weighted by Gasteiger charge is 2.26. The third-order valence-corrected chi connectivity index (χ3v) is 6.24. The van der Waals surface area contributed by atoms with E-state index in [9.17, 15) is 8.42 Å². The van der Waals surface area contributed by atoms with Gasteiger partial charge in [-0.15, -0.1) is 0 Å². The lowest BCUT2D eigenvalue weighted by atomic mass is 10.1. The Labute approximate surface area is 167 Å². The molecule has 150 valence electrons. The zero-order valence-electron chi connectivity index (χ0n) is 16.0. The number of fused-ring (bicyclic) bond motifs is 2. The smallest absolute Gasteiger partial charge is 0.237 e. The van der Waals surface area contributed by atoms with Gasteiger partial charge in [-0.25, -0.2) is 22.4 Å². The van der Waals surface area contributed by atoms with E-state index in [2.05, 4.69) is 26.8 Å². The summed E-state index contributed by atoms with van der Waals surface area (Å²) in [6.07, 6.45) is 7.86. The van der Waals surface area contributed by atoms with E-state index in [0.717, 1.165) is 16.5 Å². The highest BCUT2D eigenvalue weighted by molar-refractivity contribution is 7.89. The third-order valence-electron chi connectivity index (χ3n) is 5.23. The Bertz CT molecular complexity index is 1330. The normalized spacial score (nSPS) is 18.0. The van der Waals surface area contributed by atoms with Crippen molar-refractivity contribution in [2.75, 3.05) is 30.9 Å². The summed E-state index contributed by atoms with van der Waals surface area (Å²) in [6.45, 7) is 3.88. The topological polar surface area (TPSA) is 106 Å². The maximum Gasteiger partial charge on any atom is 0.237 e. The minimum Gasteiger partial charge on any atom is -0.377 e. The molecule has 5 rings (SSSR count). The Balaban J connectivity index is 1.82. The van der Waals surface area contributed by atoms with Gasteiger partial charge < -0.3 is 14.6 Å². The number of ether oxygens (including phenoxy) is 1. The number of aromatic nitrogens is 5. The van der Waals surface area contributed by atoms with E-state index in [-0.39, 0.29) is 6.04 Å². The number of hydrogen-bond acceptors (Lipinski definition) is 7. The number of hydrogen-bond donors (Lipinski definition) is 1.